The van der Waals surface area contributed by atoms with Crippen molar-refractivity contribution in [1.82, 2.24) is 9.96 Å². The zero-order valence-corrected chi connectivity index (χ0v) is 14.0. The molecule has 142 valence electrons. The zero-order chi connectivity index (χ0) is 19.4. The number of carbonyl (C=O) groups excluding carboxylic acids is 1. The lowest BCUT2D eigenvalue weighted by Crippen LogP contribution is -2.38. The molecule has 1 saturated heterocycles. The Labute approximate surface area is 146 Å². The van der Waals surface area contributed by atoms with E-state index in [2.05, 4.69) is 8.47 Å². The molecular formula is C11H10N2O11S2. The van der Waals surface area contributed by atoms with Crippen LogP contribution >= 0.6 is 0 Å². The number of urea groups is 1. The number of hydrogen-bond acceptors (Lipinski definition) is 8. The van der Waals surface area contributed by atoms with Crippen molar-refractivity contribution in [2.75, 3.05) is 6.54 Å². The molecule has 15 heteroatoms. The molecule has 1 fully saturated rings. The van der Waals surface area contributed by atoms with Crippen molar-refractivity contribution in [3.63, 3.8) is 0 Å². The van der Waals surface area contributed by atoms with Gasteiger partial charge in [-0.15, -0.1) is 4.28 Å². The normalized spacial score (nSPS) is 22.3. The first-order valence-corrected chi connectivity index (χ1v) is 9.41. The lowest BCUT2D eigenvalue weighted by atomic mass is 9.90. The second kappa shape index (κ2) is 5.78. The van der Waals surface area contributed by atoms with E-state index in [4.69, 9.17) is 9.11 Å². The molecule has 1 unspecified atom stereocenters. The maximum absolute atomic E-state index is 12.3. The minimum Gasteiger partial charge on any atom is -0.479 e. The number of amides is 2. The van der Waals surface area contributed by atoms with Gasteiger partial charge in [-0.1, -0.05) is 12.1 Å². The monoisotopic (exact) mass is 410 g/mol. The van der Waals surface area contributed by atoms with Crippen molar-refractivity contribution in [2.24, 2.45) is 0 Å². The van der Waals surface area contributed by atoms with Gasteiger partial charge >= 0.3 is 32.8 Å². The van der Waals surface area contributed by atoms with Crippen LogP contribution in [0.15, 0.2) is 18.2 Å². The van der Waals surface area contributed by atoms with E-state index >= 15 is 0 Å². The Hall–Kier alpha value is -2.46. The van der Waals surface area contributed by atoms with Crippen LogP contribution in [-0.4, -0.2) is 59.6 Å². The van der Waals surface area contributed by atoms with Gasteiger partial charge in [0.25, 0.3) is 0 Å². The third kappa shape index (κ3) is 3.17. The summed E-state index contributed by atoms with van der Waals surface area (Å²) in [4.78, 5) is 24.7. The molecule has 0 spiro atoms. The number of carboxylic acids is 1. The van der Waals surface area contributed by atoms with Gasteiger partial charge in [-0.05, 0) is 11.6 Å². The topological polar surface area (TPSA) is 188 Å². The van der Waals surface area contributed by atoms with Crippen LogP contribution in [0.1, 0.15) is 23.2 Å². The third-order valence-electron chi connectivity index (χ3n) is 3.73. The van der Waals surface area contributed by atoms with Crippen LogP contribution in [0.3, 0.4) is 0 Å². The number of hydroxylamine groups is 2. The van der Waals surface area contributed by atoms with Gasteiger partial charge in [-0.2, -0.15) is 21.9 Å². The molecule has 2 aliphatic rings. The first kappa shape index (κ1) is 18.3. The van der Waals surface area contributed by atoms with Crippen LogP contribution in [0, 0.1) is 0 Å². The molecule has 2 amide bonds. The van der Waals surface area contributed by atoms with Crippen molar-refractivity contribution in [2.45, 2.75) is 12.1 Å². The number of fused-ring (bicyclic) bond motifs is 4. The summed E-state index contributed by atoms with van der Waals surface area (Å²) in [6.45, 7) is -0.399. The van der Waals surface area contributed by atoms with Crippen LogP contribution in [0.5, 0.6) is 5.75 Å². The molecule has 0 saturated carbocycles. The van der Waals surface area contributed by atoms with Crippen molar-refractivity contribution in [1.29, 1.82) is 0 Å². The van der Waals surface area contributed by atoms with E-state index in [0.717, 1.165) is 11.0 Å². The summed E-state index contributed by atoms with van der Waals surface area (Å²) in [7, 11) is -10.2. The van der Waals surface area contributed by atoms with Crippen molar-refractivity contribution >= 4 is 32.8 Å². The number of benzene rings is 1. The van der Waals surface area contributed by atoms with Gasteiger partial charge in [0.15, 0.2) is 11.8 Å². The SMILES string of the molecule is O=C(O)C1c2cccc(OS(=O)(=O)O)c2[C@H]2CN1C(=O)N2OS(=O)(=O)O. The van der Waals surface area contributed by atoms with E-state index in [1.807, 2.05) is 0 Å². The van der Waals surface area contributed by atoms with Gasteiger partial charge in [-0.3, -0.25) is 9.11 Å². The summed E-state index contributed by atoms with van der Waals surface area (Å²) in [5.41, 5.74) is -0.284. The van der Waals surface area contributed by atoms with Crippen LogP contribution in [0.2, 0.25) is 0 Å². The molecular weight excluding hydrogens is 400 g/mol. The predicted molar refractivity (Wildman–Crippen MR) is 78.3 cm³/mol. The Morgan fingerprint density at radius 3 is 2.35 bits per heavy atom. The van der Waals surface area contributed by atoms with Gasteiger partial charge in [0.1, 0.15) is 6.04 Å². The smallest absolute Gasteiger partial charge is 0.446 e. The Balaban J connectivity index is 2.21. The molecule has 1 aromatic carbocycles. The highest BCUT2D eigenvalue weighted by atomic mass is 32.3. The number of carboxylic acid groups (broad SMARTS) is 1. The number of hydrogen-bond donors (Lipinski definition) is 3. The lowest BCUT2D eigenvalue weighted by Gasteiger charge is -2.30. The van der Waals surface area contributed by atoms with Crippen LogP contribution in [0.4, 0.5) is 4.79 Å². The van der Waals surface area contributed by atoms with Gasteiger partial charge in [0.05, 0.1) is 6.54 Å². The van der Waals surface area contributed by atoms with Crippen molar-refractivity contribution in [3.05, 3.63) is 29.3 Å². The second-order valence-electron chi connectivity index (χ2n) is 5.29. The second-order valence-corrected chi connectivity index (χ2v) is 7.32. The molecule has 0 aliphatic carbocycles. The first-order valence-electron chi connectivity index (χ1n) is 6.68. The molecule has 2 atom stereocenters. The van der Waals surface area contributed by atoms with E-state index in [1.54, 1.807) is 0 Å². The highest BCUT2D eigenvalue weighted by Gasteiger charge is 2.53. The molecule has 3 rings (SSSR count). The molecule has 2 aliphatic heterocycles. The van der Waals surface area contributed by atoms with E-state index in [0.29, 0.717) is 0 Å². The Bertz CT molecular complexity index is 1000. The average molecular weight is 410 g/mol. The summed E-state index contributed by atoms with van der Waals surface area (Å²) >= 11 is 0. The first-order chi connectivity index (χ1) is 11.9. The fourth-order valence-electron chi connectivity index (χ4n) is 2.98. The predicted octanol–water partition coefficient (Wildman–Crippen LogP) is -0.479. The Morgan fingerprint density at radius 2 is 1.81 bits per heavy atom. The van der Waals surface area contributed by atoms with Crippen molar-refractivity contribution in [3.8, 4) is 5.75 Å². The van der Waals surface area contributed by atoms with Crippen LogP contribution < -0.4 is 4.18 Å². The molecule has 2 bridgehead atoms. The minimum atomic E-state index is -5.14. The summed E-state index contributed by atoms with van der Waals surface area (Å²) in [5.74, 6) is -2.02. The summed E-state index contributed by atoms with van der Waals surface area (Å²) in [5, 5.41) is 9.62. The molecule has 13 nitrogen and oxygen atoms in total. The van der Waals surface area contributed by atoms with Gasteiger partial charge in [0.2, 0.25) is 0 Å². The highest BCUT2D eigenvalue weighted by molar-refractivity contribution is 7.81. The number of rotatable bonds is 5. The molecule has 0 aromatic heterocycles. The standard InChI is InChI=1S/C11H10N2O11S2/c14-10(15)9-5-2-1-3-7(23-25(17,18)19)8(5)6-4-12(9)11(16)13(6)24-26(20,21)22/h1-3,6,9H,4H2,(H,14,15)(H,17,18,19)(H,20,21,22)/t6-,9?/m1/s1. The minimum absolute atomic E-state index is 0.0790. The van der Waals surface area contributed by atoms with Gasteiger partial charge in [0, 0.05) is 5.56 Å². The number of nitrogens with zero attached hydrogens (tertiary/aromatic N) is 2. The molecule has 1 aromatic rings. The largest absolute Gasteiger partial charge is 0.479 e. The number of aliphatic carboxylic acids is 1. The zero-order valence-electron chi connectivity index (χ0n) is 12.4. The fourth-order valence-corrected chi connectivity index (χ4v) is 3.73. The van der Waals surface area contributed by atoms with Crippen molar-refractivity contribution < 1.29 is 49.1 Å². The van der Waals surface area contributed by atoms with E-state index in [9.17, 15) is 31.5 Å². The quantitative estimate of drug-likeness (QED) is 0.532. The highest BCUT2D eigenvalue weighted by Crippen LogP contribution is 2.47. The van der Waals surface area contributed by atoms with E-state index in [-0.39, 0.29) is 16.2 Å². The third-order valence-corrected chi connectivity index (χ3v) is 4.47. The molecule has 26 heavy (non-hydrogen) atoms. The van der Waals surface area contributed by atoms with E-state index in [1.165, 1.54) is 12.1 Å². The average Bonchev–Trinajstić information content (AvgIpc) is 2.70. The Morgan fingerprint density at radius 1 is 1.15 bits per heavy atom. The molecule has 2 heterocycles. The maximum Gasteiger partial charge on any atom is 0.446 e. The molecule has 3 N–H and O–H groups in total. The fraction of sp³-hybridized carbons (Fsp3) is 0.273. The van der Waals surface area contributed by atoms with Crippen LogP contribution in [0.25, 0.3) is 0 Å². The Kier molecular flexibility index (Phi) is 4.08. The summed E-state index contributed by atoms with van der Waals surface area (Å²) < 4.78 is 70.4. The summed E-state index contributed by atoms with van der Waals surface area (Å²) in [6.07, 6.45) is 0. The molecule has 0 radical (unpaired) electrons. The number of carbonyl (C=O) groups is 2. The maximum atomic E-state index is 12.3. The van der Waals surface area contributed by atoms with E-state index < -0.39 is 57.2 Å². The summed E-state index contributed by atoms with van der Waals surface area (Å²) in [6, 6.07) is -0.570. The lowest BCUT2D eigenvalue weighted by molar-refractivity contribution is -0.142. The van der Waals surface area contributed by atoms with Gasteiger partial charge < -0.3 is 14.2 Å². The van der Waals surface area contributed by atoms with Gasteiger partial charge in [-0.25, -0.2) is 9.59 Å². The van der Waals surface area contributed by atoms with Crippen LogP contribution in [-0.2, 0) is 29.9 Å².